The summed E-state index contributed by atoms with van der Waals surface area (Å²) in [6.07, 6.45) is -12.2. The fourth-order valence-electron chi connectivity index (χ4n) is 4.46. The number of likely N-dealkylation sites (tertiary alicyclic amines) is 1. The van der Waals surface area contributed by atoms with Crippen molar-refractivity contribution >= 4 is 12.1 Å². The van der Waals surface area contributed by atoms with E-state index in [0.717, 1.165) is 5.56 Å². The van der Waals surface area contributed by atoms with E-state index in [-0.39, 0.29) is 31.0 Å². The molecular weight excluding hydrogens is 516 g/mol. The van der Waals surface area contributed by atoms with Gasteiger partial charge in [-0.1, -0.05) is 30.3 Å². The number of hydrogen-bond acceptors (Lipinski definition) is 4. The fraction of sp³-hybridized carbons (Fsp3) is 0.481. The standard InChI is InChI=1S/C27H29F6NO4/c1-16(37-23(35)12-17-10-19(26(28,29)30)13-20(11-17)27(31,32)33)21-14-34(24(36)38-25(2,3)4)15-22(21)18-8-6-5-7-9-18/h5-11,13,16,21-22H,12,14-15H2,1-4H3/t16?,21-,22-/m0/s1. The summed E-state index contributed by atoms with van der Waals surface area (Å²) in [4.78, 5) is 26.9. The number of halogens is 6. The maximum absolute atomic E-state index is 13.2. The first-order valence-corrected chi connectivity index (χ1v) is 11.9. The third-order valence-electron chi connectivity index (χ3n) is 6.16. The topological polar surface area (TPSA) is 55.8 Å². The molecule has 0 N–H and O–H groups in total. The summed E-state index contributed by atoms with van der Waals surface area (Å²) in [5, 5.41) is 0. The summed E-state index contributed by atoms with van der Waals surface area (Å²) in [5.74, 6) is -1.61. The van der Waals surface area contributed by atoms with Crippen LogP contribution >= 0.6 is 0 Å². The molecule has 11 heteroatoms. The van der Waals surface area contributed by atoms with E-state index in [2.05, 4.69) is 0 Å². The predicted molar refractivity (Wildman–Crippen MR) is 126 cm³/mol. The van der Waals surface area contributed by atoms with E-state index in [1.165, 1.54) is 4.90 Å². The number of rotatable bonds is 5. The molecule has 3 atom stereocenters. The Morgan fingerprint density at radius 2 is 1.47 bits per heavy atom. The lowest BCUT2D eigenvalue weighted by molar-refractivity contribution is -0.150. The van der Waals surface area contributed by atoms with Crippen LogP contribution < -0.4 is 0 Å². The summed E-state index contributed by atoms with van der Waals surface area (Å²) in [7, 11) is 0. The highest BCUT2D eigenvalue weighted by molar-refractivity contribution is 5.73. The molecule has 1 unspecified atom stereocenters. The van der Waals surface area contributed by atoms with Gasteiger partial charge >= 0.3 is 24.4 Å². The molecule has 2 aromatic rings. The van der Waals surface area contributed by atoms with E-state index in [1.807, 2.05) is 30.3 Å². The number of carbonyl (C=O) groups is 2. The number of hydrogen-bond donors (Lipinski definition) is 0. The van der Waals surface area contributed by atoms with E-state index in [1.54, 1.807) is 27.7 Å². The van der Waals surface area contributed by atoms with Crippen LogP contribution in [-0.2, 0) is 33.0 Å². The van der Waals surface area contributed by atoms with Gasteiger partial charge in [0.1, 0.15) is 11.7 Å². The summed E-state index contributed by atoms with van der Waals surface area (Å²) in [6.45, 7) is 7.25. The van der Waals surface area contributed by atoms with Crippen molar-refractivity contribution in [3.63, 3.8) is 0 Å². The molecule has 0 bridgehead atoms. The molecule has 5 nitrogen and oxygen atoms in total. The molecule has 1 saturated heterocycles. The van der Waals surface area contributed by atoms with Gasteiger partial charge in [-0.05, 0) is 57.0 Å². The van der Waals surface area contributed by atoms with Crippen molar-refractivity contribution in [1.82, 2.24) is 4.90 Å². The number of esters is 1. The molecule has 208 valence electrons. The number of alkyl halides is 6. The van der Waals surface area contributed by atoms with Crippen LogP contribution in [0.2, 0.25) is 0 Å². The molecule has 3 rings (SSSR count). The monoisotopic (exact) mass is 545 g/mol. The van der Waals surface area contributed by atoms with E-state index in [9.17, 15) is 35.9 Å². The number of ether oxygens (including phenoxy) is 2. The number of benzene rings is 2. The van der Waals surface area contributed by atoms with Crippen molar-refractivity contribution in [3.05, 3.63) is 70.8 Å². The first-order chi connectivity index (χ1) is 17.4. The van der Waals surface area contributed by atoms with Crippen molar-refractivity contribution in [2.45, 2.75) is 64.1 Å². The Kier molecular flexibility index (Phi) is 8.38. The Hall–Kier alpha value is -3.24. The third kappa shape index (κ3) is 7.64. The van der Waals surface area contributed by atoms with E-state index in [0.29, 0.717) is 12.1 Å². The van der Waals surface area contributed by atoms with Crippen LogP contribution in [0.1, 0.15) is 55.9 Å². The Morgan fingerprint density at radius 3 is 1.97 bits per heavy atom. The first-order valence-electron chi connectivity index (χ1n) is 11.9. The summed E-state index contributed by atoms with van der Waals surface area (Å²) >= 11 is 0. The maximum atomic E-state index is 13.2. The van der Waals surface area contributed by atoms with Crippen molar-refractivity contribution in [2.24, 2.45) is 5.92 Å². The lowest BCUT2D eigenvalue weighted by atomic mass is 9.86. The Balaban J connectivity index is 1.79. The molecule has 0 saturated carbocycles. The van der Waals surface area contributed by atoms with Gasteiger partial charge in [-0.2, -0.15) is 26.3 Å². The van der Waals surface area contributed by atoms with E-state index < -0.39 is 59.2 Å². The fourth-order valence-corrected chi connectivity index (χ4v) is 4.46. The van der Waals surface area contributed by atoms with Crippen LogP contribution in [0.15, 0.2) is 48.5 Å². The molecule has 1 amide bonds. The van der Waals surface area contributed by atoms with Crippen LogP contribution in [0.5, 0.6) is 0 Å². The lowest BCUT2D eigenvalue weighted by Gasteiger charge is -2.25. The van der Waals surface area contributed by atoms with E-state index >= 15 is 0 Å². The SMILES string of the molecule is CC(OC(=O)Cc1cc(C(F)(F)F)cc(C(F)(F)F)c1)[C@@H]1CN(C(=O)OC(C)(C)C)C[C@H]1c1ccccc1. The smallest absolute Gasteiger partial charge is 0.416 e. The average molecular weight is 546 g/mol. The molecule has 1 aliphatic heterocycles. The summed E-state index contributed by atoms with van der Waals surface area (Å²) < 4.78 is 90.0. The van der Waals surface area contributed by atoms with Gasteiger partial charge in [0, 0.05) is 24.9 Å². The molecule has 1 fully saturated rings. The second-order valence-electron chi connectivity index (χ2n) is 10.4. The molecule has 0 radical (unpaired) electrons. The molecule has 0 spiro atoms. The van der Waals surface area contributed by atoms with Crippen LogP contribution in [0.4, 0.5) is 31.1 Å². The highest BCUT2D eigenvalue weighted by atomic mass is 19.4. The number of carbonyl (C=O) groups excluding carboxylic acids is 2. The molecule has 0 aliphatic carbocycles. The Labute approximate surface area is 216 Å². The van der Waals surface area contributed by atoms with Gasteiger partial charge in [-0.15, -0.1) is 0 Å². The molecule has 38 heavy (non-hydrogen) atoms. The highest BCUT2D eigenvalue weighted by Crippen LogP contribution is 2.38. The maximum Gasteiger partial charge on any atom is 0.416 e. The molecule has 2 aromatic carbocycles. The lowest BCUT2D eigenvalue weighted by Crippen LogP contribution is -2.36. The van der Waals surface area contributed by atoms with Gasteiger partial charge in [0.05, 0.1) is 17.5 Å². The van der Waals surface area contributed by atoms with Gasteiger partial charge < -0.3 is 14.4 Å². The normalized spacial score (nSPS) is 19.3. The molecular formula is C27H29F6NO4. The van der Waals surface area contributed by atoms with Crippen molar-refractivity contribution in [3.8, 4) is 0 Å². The van der Waals surface area contributed by atoms with Crippen LogP contribution in [-0.4, -0.2) is 41.8 Å². The second kappa shape index (κ2) is 10.9. The van der Waals surface area contributed by atoms with Crippen LogP contribution in [0, 0.1) is 5.92 Å². The number of amides is 1. The highest BCUT2D eigenvalue weighted by Gasteiger charge is 2.42. The number of nitrogens with zero attached hydrogens (tertiary/aromatic N) is 1. The second-order valence-corrected chi connectivity index (χ2v) is 10.4. The van der Waals surface area contributed by atoms with E-state index in [4.69, 9.17) is 9.47 Å². The zero-order chi connectivity index (χ0) is 28.5. The molecule has 1 heterocycles. The molecule has 1 aliphatic rings. The van der Waals surface area contributed by atoms with Gasteiger partial charge in [0.15, 0.2) is 0 Å². The zero-order valence-electron chi connectivity index (χ0n) is 21.3. The van der Waals surface area contributed by atoms with Crippen molar-refractivity contribution < 1.29 is 45.4 Å². The van der Waals surface area contributed by atoms with Gasteiger partial charge in [-0.3, -0.25) is 4.79 Å². The summed E-state index contributed by atoms with van der Waals surface area (Å²) in [5.41, 5.74) is -3.31. The largest absolute Gasteiger partial charge is 0.462 e. The van der Waals surface area contributed by atoms with Crippen molar-refractivity contribution in [1.29, 1.82) is 0 Å². The minimum Gasteiger partial charge on any atom is -0.462 e. The molecule has 0 aromatic heterocycles. The third-order valence-corrected chi connectivity index (χ3v) is 6.16. The Bertz CT molecular complexity index is 1110. The van der Waals surface area contributed by atoms with Crippen LogP contribution in [0.25, 0.3) is 0 Å². The zero-order valence-corrected chi connectivity index (χ0v) is 21.3. The minimum atomic E-state index is -5.02. The van der Waals surface area contributed by atoms with Gasteiger partial charge in [-0.25, -0.2) is 4.79 Å². The van der Waals surface area contributed by atoms with Gasteiger partial charge in [0.25, 0.3) is 0 Å². The summed E-state index contributed by atoms with van der Waals surface area (Å²) in [6, 6.07) is 10.2. The minimum absolute atomic E-state index is 0.00565. The van der Waals surface area contributed by atoms with Gasteiger partial charge in [0.2, 0.25) is 0 Å². The average Bonchev–Trinajstić information content (AvgIpc) is 3.23. The quantitative estimate of drug-likeness (QED) is 0.305. The first kappa shape index (κ1) is 29.3. The van der Waals surface area contributed by atoms with Crippen LogP contribution in [0.3, 0.4) is 0 Å². The van der Waals surface area contributed by atoms with Crippen molar-refractivity contribution in [2.75, 3.05) is 13.1 Å². The Morgan fingerprint density at radius 1 is 0.921 bits per heavy atom. The predicted octanol–water partition coefficient (Wildman–Crippen LogP) is 6.85.